The third kappa shape index (κ3) is 11.6. The number of rotatable bonds is 24. The van der Waals surface area contributed by atoms with Crippen LogP contribution in [0.3, 0.4) is 0 Å². The van der Waals surface area contributed by atoms with Crippen LogP contribution in [0.1, 0.15) is 119 Å². The minimum atomic E-state index is 1.11. The summed E-state index contributed by atoms with van der Waals surface area (Å²) >= 11 is 0. The van der Waals surface area contributed by atoms with E-state index in [1.54, 1.807) is 0 Å². The third-order valence-corrected chi connectivity index (χ3v) is 9.05. The maximum absolute atomic E-state index is 2.61. The molecule has 3 rings (SSSR count). The first-order valence-electron chi connectivity index (χ1n) is 18.9. The zero-order valence-corrected chi connectivity index (χ0v) is 30.4. The fourth-order valence-electron chi connectivity index (χ4n) is 6.14. The monoisotopic (exact) mass is 627 g/mol. The highest BCUT2D eigenvalue weighted by Gasteiger charge is 2.18. The smallest absolute Gasteiger partial charge is 0.0482 e. The third-order valence-electron chi connectivity index (χ3n) is 9.05. The first kappa shape index (κ1) is 37.3. The first-order valence-corrected chi connectivity index (χ1v) is 18.9. The zero-order chi connectivity index (χ0) is 33.0. The van der Waals surface area contributed by atoms with Crippen LogP contribution in [0.4, 0.5) is 34.1 Å². The first-order chi connectivity index (χ1) is 22.6. The van der Waals surface area contributed by atoms with Crippen LogP contribution in [0.15, 0.2) is 72.8 Å². The average Bonchev–Trinajstić information content (AvgIpc) is 3.09. The zero-order valence-electron chi connectivity index (χ0n) is 30.4. The van der Waals surface area contributed by atoms with Crippen LogP contribution in [0, 0.1) is 0 Å². The SMILES string of the molecule is CCCCN(CCCC)c1cccc(N(c2cccc(N(CCCC)CCCC)c2)c2cccc(N(CCCC)CCCC)c2)c1. The molecule has 0 radical (unpaired) electrons. The van der Waals surface area contributed by atoms with Gasteiger partial charge in [-0.1, -0.05) is 98.3 Å². The molecule has 254 valence electrons. The molecule has 0 aliphatic carbocycles. The van der Waals surface area contributed by atoms with Crippen LogP contribution in [-0.2, 0) is 0 Å². The molecule has 0 aromatic heterocycles. The molecule has 4 nitrogen and oxygen atoms in total. The van der Waals surface area contributed by atoms with Gasteiger partial charge >= 0.3 is 0 Å². The van der Waals surface area contributed by atoms with Gasteiger partial charge in [-0.3, -0.25) is 0 Å². The van der Waals surface area contributed by atoms with Gasteiger partial charge in [0, 0.05) is 73.4 Å². The second-order valence-electron chi connectivity index (χ2n) is 13.0. The van der Waals surface area contributed by atoms with E-state index in [4.69, 9.17) is 0 Å². The normalized spacial score (nSPS) is 11.1. The molecular weight excluding hydrogens is 560 g/mol. The van der Waals surface area contributed by atoms with Crippen molar-refractivity contribution in [1.29, 1.82) is 0 Å². The summed E-state index contributed by atoms with van der Waals surface area (Å²) in [6.45, 7) is 20.4. The summed E-state index contributed by atoms with van der Waals surface area (Å²) in [6, 6.07) is 27.9. The predicted molar refractivity (Wildman–Crippen MR) is 207 cm³/mol. The fraction of sp³-hybridized carbons (Fsp3) is 0.571. The molecule has 0 unspecified atom stereocenters. The molecule has 0 saturated carbocycles. The summed E-state index contributed by atoms with van der Waals surface area (Å²) in [5.41, 5.74) is 7.68. The molecular formula is C42H66N4. The summed E-state index contributed by atoms with van der Waals surface area (Å²) in [7, 11) is 0. The summed E-state index contributed by atoms with van der Waals surface area (Å²) in [4.78, 5) is 10.3. The molecule has 0 aliphatic heterocycles. The van der Waals surface area contributed by atoms with Crippen molar-refractivity contribution >= 4 is 34.1 Å². The number of unbranched alkanes of at least 4 members (excludes halogenated alkanes) is 6. The quantitative estimate of drug-likeness (QED) is 0.0980. The highest BCUT2D eigenvalue weighted by atomic mass is 15.2. The van der Waals surface area contributed by atoms with Crippen LogP contribution in [-0.4, -0.2) is 39.3 Å². The molecule has 3 aromatic carbocycles. The van der Waals surface area contributed by atoms with Crippen molar-refractivity contribution in [2.24, 2.45) is 0 Å². The Hall–Kier alpha value is -3.14. The van der Waals surface area contributed by atoms with E-state index in [0.29, 0.717) is 0 Å². The van der Waals surface area contributed by atoms with Gasteiger partial charge in [0.15, 0.2) is 0 Å². The molecule has 0 aliphatic rings. The maximum atomic E-state index is 2.61. The van der Waals surface area contributed by atoms with Crippen molar-refractivity contribution in [2.45, 2.75) is 119 Å². The van der Waals surface area contributed by atoms with Gasteiger partial charge in [0.1, 0.15) is 0 Å². The minimum Gasteiger partial charge on any atom is -0.371 e. The van der Waals surface area contributed by atoms with Crippen LogP contribution in [0.25, 0.3) is 0 Å². The highest BCUT2D eigenvalue weighted by molar-refractivity contribution is 5.81. The Morgan fingerprint density at radius 1 is 0.326 bits per heavy atom. The topological polar surface area (TPSA) is 13.0 Å². The molecule has 0 spiro atoms. The van der Waals surface area contributed by atoms with Crippen LogP contribution >= 0.6 is 0 Å². The largest absolute Gasteiger partial charge is 0.371 e. The van der Waals surface area contributed by atoms with Crippen LogP contribution in [0.5, 0.6) is 0 Å². The lowest BCUT2D eigenvalue weighted by Crippen LogP contribution is -2.26. The molecule has 0 bridgehead atoms. The number of hydrogen-bond donors (Lipinski definition) is 0. The molecule has 0 fully saturated rings. The Balaban J connectivity index is 2.14. The predicted octanol–water partition coefficient (Wildman–Crippen LogP) is 12.4. The van der Waals surface area contributed by atoms with Gasteiger partial charge in [-0.05, 0) is 93.1 Å². The summed E-state index contributed by atoms with van der Waals surface area (Å²) < 4.78 is 0. The average molecular weight is 627 g/mol. The van der Waals surface area contributed by atoms with E-state index in [1.165, 1.54) is 111 Å². The lowest BCUT2D eigenvalue weighted by molar-refractivity contribution is 0.677. The number of nitrogens with zero attached hydrogens (tertiary/aromatic N) is 4. The molecule has 0 heterocycles. The van der Waals surface area contributed by atoms with E-state index in [-0.39, 0.29) is 0 Å². The fourth-order valence-corrected chi connectivity index (χ4v) is 6.14. The molecule has 0 atom stereocenters. The van der Waals surface area contributed by atoms with Crippen molar-refractivity contribution in [3.05, 3.63) is 72.8 Å². The number of anilines is 6. The van der Waals surface area contributed by atoms with Gasteiger partial charge in [-0.25, -0.2) is 0 Å². The van der Waals surface area contributed by atoms with E-state index < -0.39 is 0 Å². The minimum absolute atomic E-state index is 1.11. The lowest BCUT2D eigenvalue weighted by Gasteiger charge is -2.32. The second kappa shape index (κ2) is 21.6. The van der Waals surface area contributed by atoms with E-state index in [0.717, 1.165) is 39.3 Å². The Labute approximate surface area is 283 Å². The molecule has 3 aromatic rings. The lowest BCUT2D eigenvalue weighted by atomic mass is 10.1. The van der Waals surface area contributed by atoms with Crippen molar-refractivity contribution in [3.8, 4) is 0 Å². The van der Waals surface area contributed by atoms with Crippen molar-refractivity contribution < 1.29 is 0 Å². The van der Waals surface area contributed by atoms with E-state index in [2.05, 4.69) is 134 Å². The molecule has 0 N–H and O–H groups in total. The summed E-state index contributed by atoms with van der Waals surface area (Å²) in [5, 5.41) is 0. The van der Waals surface area contributed by atoms with E-state index in [9.17, 15) is 0 Å². The van der Waals surface area contributed by atoms with Crippen molar-refractivity contribution in [3.63, 3.8) is 0 Å². The Bertz CT molecular complexity index is 1050. The molecule has 0 amide bonds. The van der Waals surface area contributed by atoms with Gasteiger partial charge < -0.3 is 19.6 Å². The number of hydrogen-bond acceptors (Lipinski definition) is 4. The Morgan fingerprint density at radius 3 is 0.761 bits per heavy atom. The van der Waals surface area contributed by atoms with E-state index >= 15 is 0 Å². The van der Waals surface area contributed by atoms with Gasteiger partial charge in [-0.15, -0.1) is 0 Å². The van der Waals surface area contributed by atoms with Gasteiger partial charge in [-0.2, -0.15) is 0 Å². The molecule has 0 saturated heterocycles. The summed E-state index contributed by atoms with van der Waals surface area (Å²) in [5.74, 6) is 0. The Morgan fingerprint density at radius 2 is 0.543 bits per heavy atom. The molecule has 46 heavy (non-hydrogen) atoms. The second-order valence-corrected chi connectivity index (χ2v) is 13.0. The van der Waals surface area contributed by atoms with E-state index in [1.807, 2.05) is 0 Å². The van der Waals surface area contributed by atoms with Gasteiger partial charge in [0.25, 0.3) is 0 Å². The Kier molecular flexibility index (Phi) is 17.5. The number of benzene rings is 3. The standard InChI is InChI=1S/C42H66N4/c1-7-13-28-43(29-14-8-2)37-22-19-25-40(34-37)46(41-26-20-23-38(35-41)44(30-15-9-3)31-16-10-4)42-27-21-24-39(36-42)45(32-17-11-5)33-18-12-6/h19-27,34-36H,7-18,28-33H2,1-6H3. The summed E-state index contributed by atoms with van der Waals surface area (Å²) in [6.07, 6.45) is 14.6. The van der Waals surface area contributed by atoms with Crippen LogP contribution < -0.4 is 19.6 Å². The van der Waals surface area contributed by atoms with Crippen LogP contribution in [0.2, 0.25) is 0 Å². The van der Waals surface area contributed by atoms with Gasteiger partial charge in [0.2, 0.25) is 0 Å². The highest BCUT2D eigenvalue weighted by Crippen LogP contribution is 2.39. The van der Waals surface area contributed by atoms with Gasteiger partial charge in [0.05, 0.1) is 0 Å². The molecule has 4 heteroatoms. The maximum Gasteiger partial charge on any atom is 0.0482 e. The van der Waals surface area contributed by atoms with Crippen molar-refractivity contribution in [1.82, 2.24) is 0 Å². The van der Waals surface area contributed by atoms with Crippen molar-refractivity contribution in [2.75, 3.05) is 58.9 Å².